The summed E-state index contributed by atoms with van der Waals surface area (Å²) in [5.41, 5.74) is 13.1. The molecule has 0 aliphatic carbocycles. The first kappa shape index (κ1) is 39.7. The highest BCUT2D eigenvalue weighted by molar-refractivity contribution is 6.67. The van der Waals surface area contributed by atoms with Gasteiger partial charge in [-0.15, -0.1) is 0 Å². The number of hydrogen-bond acceptors (Lipinski definition) is 4. The largest absolute Gasteiger partial charge is 0.274 e. The summed E-state index contributed by atoms with van der Waals surface area (Å²) >= 11 is 0. The van der Waals surface area contributed by atoms with Crippen LogP contribution >= 0.6 is 0 Å². The van der Waals surface area contributed by atoms with Crippen molar-refractivity contribution in [2.75, 3.05) is 13.1 Å². The summed E-state index contributed by atoms with van der Waals surface area (Å²) in [5, 5.41) is 0. The van der Waals surface area contributed by atoms with Gasteiger partial charge in [0.25, 0.3) is 35.3 Å². The average molecular weight is 766 g/mol. The van der Waals surface area contributed by atoms with Crippen LogP contribution in [0.4, 0.5) is 0 Å². The second-order valence-electron chi connectivity index (χ2n) is 15.9. The summed E-state index contributed by atoms with van der Waals surface area (Å²) < 4.78 is 9.04. The lowest BCUT2D eigenvalue weighted by atomic mass is 9.63. The smallest absolute Gasteiger partial charge is 0.261 e. The number of amides is 4. The third-order valence-corrected chi connectivity index (χ3v) is 12.8. The molecule has 11 heteroatoms. The molecule has 7 rings (SSSR count). The van der Waals surface area contributed by atoms with Crippen molar-refractivity contribution >= 4 is 41.8 Å². The molecule has 57 heavy (non-hydrogen) atoms. The molecule has 2 aliphatic rings. The average Bonchev–Trinajstić information content (AvgIpc) is 3.73. The van der Waals surface area contributed by atoms with Gasteiger partial charge in [0, 0.05) is 67.5 Å². The van der Waals surface area contributed by atoms with Crippen molar-refractivity contribution in [2.24, 2.45) is 7.05 Å². The summed E-state index contributed by atoms with van der Waals surface area (Å²) in [6.07, 6.45) is 2.31. The third-order valence-electron chi connectivity index (χ3n) is 12.8. The van der Waals surface area contributed by atoms with Crippen LogP contribution in [0.1, 0.15) is 118 Å². The van der Waals surface area contributed by atoms with E-state index in [1.807, 2.05) is 26.5 Å². The minimum absolute atomic E-state index is 0.273. The minimum atomic E-state index is -0.293. The molecule has 1 radical (unpaired) electrons. The highest BCUT2D eigenvalue weighted by atomic mass is 16.2. The Balaban J connectivity index is 0.980. The Morgan fingerprint density at radius 3 is 1.49 bits per heavy atom. The van der Waals surface area contributed by atoms with Crippen LogP contribution < -0.4 is 20.1 Å². The number of rotatable bonds is 13. The number of aryl methyl sites for hydroxylation is 3. The normalized spacial score (nSPS) is 13.7. The summed E-state index contributed by atoms with van der Waals surface area (Å²) in [7, 11) is 3.91. The predicted octanol–water partition coefficient (Wildman–Crippen LogP) is 4.51. The van der Waals surface area contributed by atoms with E-state index in [4.69, 9.17) is 0 Å². The molecule has 0 unspecified atom stereocenters. The number of carbonyl (C=O) groups excluding carboxylic acids is 4. The third kappa shape index (κ3) is 6.95. The van der Waals surface area contributed by atoms with Gasteiger partial charge in [0.05, 0.1) is 42.4 Å². The zero-order chi connectivity index (χ0) is 41.0. The SMILES string of the molecule is CCc1cc(C)c(C[n+]2c(C)c(C)n(CCCN3C(=O)c4ccc([B]c5ccc6c(c5)C(=O)N(CCCn5c(C)c(C)[n+](C)c5C)C6=O)cc4C3=O)c2C)cc1C. The number of fused-ring (bicyclic) bond motifs is 2. The quantitative estimate of drug-likeness (QED) is 0.100. The van der Waals surface area contributed by atoms with Crippen molar-refractivity contribution in [3.05, 3.63) is 127 Å². The molecule has 4 amide bonds. The van der Waals surface area contributed by atoms with Crippen molar-refractivity contribution in [3.8, 4) is 0 Å². The lowest BCUT2D eigenvalue weighted by Gasteiger charge is -2.13. The molecule has 10 nitrogen and oxygen atoms in total. The van der Waals surface area contributed by atoms with Crippen LogP contribution in [0.15, 0.2) is 48.5 Å². The first-order valence-electron chi connectivity index (χ1n) is 20.2. The molecule has 0 saturated heterocycles. The molecular weight excluding hydrogens is 711 g/mol. The number of nitrogens with zero attached hydrogens (tertiary/aromatic N) is 6. The van der Waals surface area contributed by atoms with E-state index in [-0.39, 0.29) is 23.6 Å². The fourth-order valence-corrected chi connectivity index (χ4v) is 8.84. The highest BCUT2D eigenvalue weighted by Crippen LogP contribution is 2.25. The van der Waals surface area contributed by atoms with E-state index in [1.54, 1.807) is 24.3 Å². The Morgan fingerprint density at radius 2 is 1.00 bits per heavy atom. The predicted molar refractivity (Wildman–Crippen MR) is 221 cm³/mol. The van der Waals surface area contributed by atoms with E-state index in [2.05, 4.69) is 92.7 Å². The fourth-order valence-electron chi connectivity index (χ4n) is 8.84. The molecular formula is C46H54BN6O4+2. The summed E-state index contributed by atoms with van der Waals surface area (Å²) in [5.74, 6) is 1.15. The summed E-state index contributed by atoms with van der Waals surface area (Å²) in [6.45, 7) is 22.1. The van der Waals surface area contributed by atoms with Gasteiger partial charge in [-0.25, -0.2) is 18.3 Å². The van der Waals surface area contributed by atoms with Gasteiger partial charge < -0.3 is 0 Å². The molecule has 3 aromatic carbocycles. The van der Waals surface area contributed by atoms with E-state index in [0.717, 1.165) is 35.5 Å². The van der Waals surface area contributed by atoms with Gasteiger partial charge in [-0.3, -0.25) is 29.0 Å². The Morgan fingerprint density at radius 1 is 0.544 bits per heavy atom. The molecule has 2 aliphatic heterocycles. The lowest BCUT2D eigenvalue weighted by molar-refractivity contribution is -0.699. The van der Waals surface area contributed by atoms with Crippen molar-refractivity contribution in [2.45, 2.75) is 101 Å². The van der Waals surface area contributed by atoms with Gasteiger partial charge in [0.2, 0.25) is 0 Å². The number of imidazole rings is 2. The zero-order valence-corrected chi connectivity index (χ0v) is 35.2. The standard InChI is InChI=1S/C46H54BN6O4/c1-11-35-22-28(3)36(23-27(35)2)26-53-32(7)31(6)50(34(53)9)19-13-21-52-44(55)40-17-15-38(25-42(40)46(52)57)47-37-14-16-39-41(24-37)45(56)51(43(39)54)20-12-18-49-30(5)29(4)48(10)33(49)8/h14-17,22-25H,11-13,18-21,26H2,1-10H3/q+2. The maximum Gasteiger partial charge on any atom is 0.261 e. The molecule has 0 fully saturated rings. The molecule has 0 N–H and O–H groups in total. The molecule has 293 valence electrons. The molecule has 0 spiro atoms. The monoisotopic (exact) mass is 765 g/mol. The Bertz CT molecular complexity index is 2480. The Hall–Kier alpha value is -5.58. The van der Waals surface area contributed by atoms with Crippen LogP contribution in [0, 0.1) is 55.4 Å². The van der Waals surface area contributed by atoms with Crippen molar-refractivity contribution < 1.29 is 28.3 Å². The first-order valence-corrected chi connectivity index (χ1v) is 20.2. The van der Waals surface area contributed by atoms with E-state index in [1.165, 1.54) is 54.8 Å². The molecule has 0 atom stereocenters. The second kappa shape index (κ2) is 15.4. The van der Waals surface area contributed by atoms with E-state index in [9.17, 15) is 19.2 Å². The summed E-state index contributed by atoms with van der Waals surface area (Å²) in [4.78, 5) is 56.5. The second-order valence-corrected chi connectivity index (χ2v) is 15.9. The number of imide groups is 2. The van der Waals surface area contributed by atoms with Gasteiger partial charge >= 0.3 is 0 Å². The Labute approximate surface area is 337 Å². The van der Waals surface area contributed by atoms with Gasteiger partial charge in [0.1, 0.15) is 29.3 Å². The number of hydrogen-bond donors (Lipinski definition) is 0. The van der Waals surface area contributed by atoms with Gasteiger partial charge in [-0.05, 0) is 54.7 Å². The minimum Gasteiger partial charge on any atom is -0.274 e. The van der Waals surface area contributed by atoms with Gasteiger partial charge in [0.15, 0.2) is 7.28 Å². The van der Waals surface area contributed by atoms with Gasteiger partial charge in [-0.1, -0.05) is 54.2 Å². The van der Waals surface area contributed by atoms with E-state index < -0.39 is 0 Å². The molecule has 5 aromatic rings. The maximum absolute atomic E-state index is 13.6. The number of aromatic nitrogens is 4. The highest BCUT2D eigenvalue weighted by Gasteiger charge is 2.37. The first-order chi connectivity index (χ1) is 27.1. The Kier molecular flexibility index (Phi) is 10.7. The van der Waals surface area contributed by atoms with Crippen LogP contribution in [0.25, 0.3) is 0 Å². The lowest BCUT2D eigenvalue weighted by Crippen LogP contribution is -2.39. The van der Waals surface area contributed by atoms with E-state index in [0.29, 0.717) is 61.3 Å². The van der Waals surface area contributed by atoms with Crippen LogP contribution in [-0.4, -0.2) is 62.9 Å². The van der Waals surface area contributed by atoms with Crippen molar-refractivity contribution in [1.82, 2.24) is 18.9 Å². The maximum atomic E-state index is 13.6. The fraction of sp³-hybridized carbons (Fsp3) is 0.391. The van der Waals surface area contributed by atoms with Crippen molar-refractivity contribution in [1.29, 1.82) is 0 Å². The molecule has 2 aromatic heterocycles. The van der Waals surface area contributed by atoms with Crippen molar-refractivity contribution in [3.63, 3.8) is 0 Å². The number of benzene rings is 3. The van der Waals surface area contributed by atoms with Crippen LogP contribution in [0.2, 0.25) is 0 Å². The number of carbonyl (C=O) groups is 4. The van der Waals surface area contributed by atoms with Crippen LogP contribution in [-0.2, 0) is 33.1 Å². The zero-order valence-electron chi connectivity index (χ0n) is 35.2. The van der Waals surface area contributed by atoms with Crippen LogP contribution in [0.3, 0.4) is 0 Å². The topological polar surface area (TPSA) is 92.4 Å². The molecule has 4 heterocycles. The molecule has 0 bridgehead atoms. The van der Waals surface area contributed by atoms with Crippen LogP contribution in [0.5, 0.6) is 0 Å². The summed E-state index contributed by atoms with van der Waals surface area (Å²) in [6, 6.07) is 15.2. The van der Waals surface area contributed by atoms with Gasteiger partial charge in [-0.2, -0.15) is 0 Å². The van der Waals surface area contributed by atoms with E-state index >= 15 is 0 Å². The molecule has 0 saturated carbocycles.